The lowest BCUT2D eigenvalue weighted by molar-refractivity contribution is -0.137. The first-order chi connectivity index (χ1) is 12.4. The Balaban J connectivity index is 1.87. The zero-order valence-corrected chi connectivity index (χ0v) is 15.0. The number of fused-ring (bicyclic) bond motifs is 1. The smallest absolute Gasteiger partial charge is 0.305 e. The van der Waals surface area contributed by atoms with Gasteiger partial charge in [-0.25, -0.2) is 0 Å². The van der Waals surface area contributed by atoms with Gasteiger partial charge in [0.05, 0.1) is 12.5 Å². The van der Waals surface area contributed by atoms with Crippen molar-refractivity contribution >= 4 is 29.3 Å². The van der Waals surface area contributed by atoms with Crippen molar-refractivity contribution in [1.29, 1.82) is 0 Å². The standard InChI is InChI=1S/C19H19ClN2O4/c1-10-17-13(3-2-4-15(17)23)21-18(10)19(26)22-14(9-16(24)25)11-5-7-12(20)8-6-11/h5-8,14,21H,2-4,9H2,1H3,(H,22,26)(H,24,25)/t14-/m0/s1. The first-order valence-corrected chi connectivity index (χ1v) is 8.77. The lowest BCUT2D eigenvalue weighted by Crippen LogP contribution is -2.31. The number of amides is 1. The third-order valence-corrected chi connectivity index (χ3v) is 4.87. The molecule has 3 N–H and O–H groups in total. The molecule has 2 aromatic rings. The van der Waals surface area contributed by atoms with Crippen molar-refractivity contribution in [1.82, 2.24) is 10.3 Å². The maximum atomic E-state index is 12.7. The molecule has 0 bridgehead atoms. The number of Topliss-reactive ketones (excluding diaryl/α,β-unsaturated/α-hetero) is 1. The molecule has 1 aromatic heterocycles. The van der Waals surface area contributed by atoms with Gasteiger partial charge in [0.25, 0.3) is 5.91 Å². The highest BCUT2D eigenvalue weighted by Crippen LogP contribution is 2.27. The number of halogens is 1. The molecule has 0 fully saturated rings. The molecule has 6 nitrogen and oxygen atoms in total. The van der Waals surface area contributed by atoms with E-state index < -0.39 is 17.9 Å². The first kappa shape index (κ1) is 18.2. The number of carbonyl (C=O) groups excluding carboxylic acids is 2. The van der Waals surface area contributed by atoms with Crippen LogP contribution >= 0.6 is 11.6 Å². The summed E-state index contributed by atoms with van der Waals surface area (Å²) in [6.07, 6.45) is 1.72. The fraction of sp³-hybridized carbons (Fsp3) is 0.316. The Kier molecular flexibility index (Phi) is 5.13. The molecule has 136 valence electrons. The summed E-state index contributed by atoms with van der Waals surface area (Å²) in [6, 6.07) is 5.97. The number of carboxylic acid groups (broad SMARTS) is 1. The quantitative estimate of drug-likeness (QED) is 0.746. The molecule has 0 saturated heterocycles. The number of aliphatic carboxylic acids is 1. The van der Waals surface area contributed by atoms with Gasteiger partial charge in [0.1, 0.15) is 5.69 Å². The van der Waals surface area contributed by atoms with E-state index in [0.717, 1.165) is 18.5 Å². The average molecular weight is 375 g/mol. The van der Waals surface area contributed by atoms with Gasteiger partial charge in [-0.2, -0.15) is 0 Å². The zero-order valence-electron chi connectivity index (χ0n) is 14.3. The number of carbonyl (C=O) groups is 3. The second-order valence-corrected chi connectivity index (χ2v) is 6.87. The summed E-state index contributed by atoms with van der Waals surface area (Å²) in [7, 11) is 0. The molecule has 7 heteroatoms. The van der Waals surface area contributed by atoms with E-state index in [2.05, 4.69) is 10.3 Å². The molecule has 1 aliphatic carbocycles. The number of carboxylic acids is 1. The van der Waals surface area contributed by atoms with Crippen molar-refractivity contribution in [3.8, 4) is 0 Å². The molecule has 1 aliphatic rings. The number of hydrogen-bond acceptors (Lipinski definition) is 3. The van der Waals surface area contributed by atoms with Crippen LogP contribution in [0.1, 0.15) is 63.0 Å². The van der Waals surface area contributed by atoms with E-state index in [4.69, 9.17) is 11.6 Å². The van der Waals surface area contributed by atoms with Gasteiger partial charge in [-0.05, 0) is 43.0 Å². The average Bonchev–Trinajstić information content (AvgIpc) is 2.93. The Labute approximate surface area is 155 Å². The zero-order chi connectivity index (χ0) is 18.8. The Hall–Kier alpha value is -2.60. The predicted molar refractivity (Wildman–Crippen MR) is 96.7 cm³/mol. The summed E-state index contributed by atoms with van der Waals surface area (Å²) in [5, 5.41) is 12.5. The molecule has 0 unspecified atom stereocenters. The molecule has 0 saturated carbocycles. The molecule has 0 aliphatic heterocycles. The van der Waals surface area contributed by atoms with Crippen LogP contribution in [0.25, 0.3) is 0 Å². The SMILES string of the molecule is Cc1c(C(=O)N[C@@H](CC(=O)O)c2ccc(Cl)cc2)[nH]c2c1C(=O)CCC2. The van der Waals surface area contributed by atoms with Crippen LogP contribution in [0, 0.1) is 6.92 Å². The van der Waals surface area contributed by atoms with Gasteiger partial charge in [-0.3, -0.25) is 14.4 Å². The lowest BCUT2D eigenvalue weighted by atomic mass is 9.93. The van der Waals surface area contributed by atoms with Crippen LogP contribution in [0.4, 0.5) is 0 Å². The minimum Gasteiger partial charge on any atom is -0.481 e. The Bertz CT molecular complexity index is 870. The second kappa shape index (κ2) is 7.33. The van der Waals surface area contributed by atoms with E-state index in [1.54, 1.807) is 31.2 Å². The summed E-state index contributed by atoms with van der Waals surface area (Å²) in [5.74, 6) is -1.41. The summed E-state index contributed by atoms with van der Waals surface area (Å²) >= 11 is 5.88. The van der Waals surface area contributed by atoms with Gasteiger partial charge in [0.2, 0.25) is 0 Å². The minimum absolute atomic E-state index is 0.0406. The molecule has 0 radical (unpaired) electrons. The van der Waals surface area contributed by atoms with Gasteiger partial charge in [0.15, 0.2) is 5.78 Å². The summed E-state index contributed by atoms with van der Waals surface area (Å²) in [6.45, 7) is 1.74. The highest BCUT2D eigenvalue weighted by molar-refractivity contribution is 6.30. The lowest BCUT2D eigenvalue weighted by Gasteiger charge is -2.17. The van der Waals surface area contributed by atoms with Crippen LogP contribution < -0.4 is 5.32 Å². The minimum atomic E-state index is -1.03. The molecular formula is C19H19ClN2O4. The van der Waals surface area contributed by atoms with Gasteiger partial charge in [0, 0.05) is 22.7 Å². The molecule has 1 atom stereocenters. The molecule has 3 rings (SSSR count). The number of rotatable bonds is 5. The number of H-pyrrole nitrogens is 1. The topological polar surface area (TPSA) is 99.3 Å². The number of benzene rings is 1. The number of ketones is 1. The summed E-state index contributed by atoms with van der Waals surface area (Å²) in [5.41, 5.74) is 2.96. The van der Waals surface area contributed by atoms with Crippen molar-refractivity contribution in [2.24, 2.45) is 0 Å². The van der Waals surface area contributed by atoms with Gasteiger partial charge in [-0.15, -0.1) is 0 Å². The van der Waals surface area contributed by atoms with Crippen LogP contribution in [-0.2, 0) is 11.2 Å². The van der Waals surface area contributed by atoms with E-state index in [1.807, 2.05) is 0 Å². The first-order valence-electron chi connectivity index (χ1n) is 8.39. The van der Waals surface area contributed by atoms with Crippen molar-refractivity contribution in [2.75, 3.05) is 0 Å². The fourth-order valence-corrected chi connectivity index (χ4v) is 3.48. The maximum Gasteiger partial charge on any atom is 0.305 e. The number of nitrogens with one attached hydrogen (secondary N) is 2. The number of aryl methyl sites for hydroxylation is 1. The van der Waals surface area contributed by atoms with Crippen LogP contribution in [0.3, 0.4) is 0 Å². The van der Waals surface area contributed by atoms with E-state index in [9.17, 15) is 19.5 Å². The highest BCUT2D eigenvalue weighted by Gasteiger charge is 2.27. The van der Waals surface area contributed by atoms with Crippen molar-refractivity contribution < 1.29 is 19.5 Å². The van der Waals surface area contributed by atoms with Crippen LogP contribution in [-0.4, -0.2) is 27.8 Å². The Morgan fingerprint density at radius 1 is 1.27 bits per heavy atom. The Morgan fingerprint density at radius 3 is 2.58 bits per heavy atom. The van der Waals surface area contributed by atoms with E-state index >= 15 is 0 Å². The largest absolute Gasteiger partial charge is 0.481 e. The third-order valence-electron chi connectivity index (χ3n) is 4.62. The van der Waals surface area contributed by atoms with Crippen molar-refractivity contribution in [3.63, 3.8) is 0 Å². The maximum absolute atomic E-state index is 12.7. The molecule has 1 aromatic carbocycles. The third kappa shape index (κ3) is 3.65. The molecular weight excluding hydrogens is 356 g/mol. The van der Waals surface area contributed by atoms with Crippen LogP contribution in [0.5, 0.6) is 0 Å². The monoisotopic (exact) mass is 374 g/mol. The summed E-state index contributed by atoms with van der Waals surface area (Å²) in [4.78, 5) is 39.1. The van der Waals surface area contributed by atoms with Crippen molar-refractivity contribution in [2.45, 2.75) is 38.6 Å². The predicted octanol–water partition coefficient (Wildman–Crippen LogP) is 3.44. The van der Waals surface area contributed by atoms with E-state index in [0.29, 0.717) is 33.8 Å². The normalized spacial score (nSPS) is 14.6. The van der Waals surface area contributed by atoms with Crippen LogP contribution in [0.2, 0.25) is 5.02 Å². The van der Waals surface area contributed by atoms with Crippen molar-refractivity contribution in [3.05, 3.63) is 57.4 Å². The van der Waals surface area contributed by atoms with Crippen LogP contribution in [0.15, 0.2) is 24.3 Å². The molecule has 0 spiro atoms. The van der Waals surface area contributed by atoms with E-state index in [1.165, 1.54) is 0 Å². The Morgan fingerprint density at radius 2 is 1.96 bits per heavy atom. The van der Waals surface area contributed by atoms with Gasteiger partial charge in [-0.1, -0.05) is 23.7 Å². The number of hydrogen-bond donors (Lipinski definition) is 3. The van der Waals surface area contributed by atoms with Gasteiger partial charge >= 0.3 is 5.97 Å². The molecule has 26 heavy (non-hydrogen) atoms. The molecule has 1 heterocycles. The fourth-order valence-electron chi connectivity index (χ4n) is 3.35. The van der Waals surface area contributed by atoms with E-state index in [-0.39, 0.29) is 12.2 Å². The summed E-state index contributed by atoms with van der Waals surface area (Å²) < 4.78 is 0. The number of aromatic nitrogens is 1. The second-order valence-electron chi connectivity index (χ2n) is 6.43. The van der Waals surface area contributed by atoms with Gasteiger partial charge < -0.3 is 15.4 Å². The molecule has 1 amide bonds. The number of aromatic amines is 1. The highest BCUT2D eigenvalue weighted by atomic mass is 35.5.